The van der Waals surface area contributed by atoms with Crippen molar-refractivity contribution in [2.45, 2.75) is 31.8 Å². The van der Waals surface area contributed by atoms with E-state index >= 15 is 0 Å². The number of hydrogen-bond acceptors (Lipinski definition) is 4. The Morgan fingerprint density at radius 2 is 1.68 bits per heavy atom. The second-order valence-electron chi connectivity index (χ2n) is 7.84. The van der Waals surface area contributed by atoms with Crippen LogP contribution in [0.3, 0.4) is 0 Å². The van der Waals surface area contributed by atoms with Crippen LogP contribution in [0, 0.1) is 0 Å². The van der Waals surface area contributed by atoms with E-state index in [1.807, 2.05) is 48.5 Å². The van der Waals surface area contributed by atoms with Crippen molar-refractivity contribution in [2.24, 2.45) is 0 Å². The average Bonchev–Trinajstić information content (AvgIpc) is 3.31. The van der Waals surface area contributed by atoms with E-state index in [-0.39, 0.29) is 6.10 Å². The second-order valence-corrected chi connectivity index (χ2v) is 7.84. The van der Waals surface area contributed by atoms with E-state index in [2.05, 4.69) is 41.3 Å². The fourth-order valence-corrected chi connectivity index (χ4v) is 4.05. The molecule has 1 fully saturated rings. The molecule has 4 nitrogen and oxygen atoms in total. The fraction of sp³-hybridized carbons (Fsp3) is 0.259. The van der Waals surface area contributed by atoms with Gasteiger partial charge >= 0.3 is 0 Å². The van der Waals surface area contributed by atoms with Crippen LogP contribution in [0.5, 0.6) is 11.5 Å². The molecule has 0 heterocycles. The van der Waals surface area contributed by atoms with E-state index in [0.29, 0.717) is 6.54 Å². The van der Waals surface area contributed by atoms with Gasteiger partial charge in [0.1, 0.15) is 0 Å². The minimum atomic E-state index is 0.261. The zero-order valence-electron chi connectivity index (χ0n) is 18.0. The van der Waals surface area contributed by atoms with Crippen LogP contribution in [-0.4, -0.2) is 19.8 Å². The summed E-state index contributed by atoms with van der Waals surface area (Å²) in [5, 5.41) is 0. The van der Waals surface area contributed by atoms with Crippen LogP contribution in [0.15, 0.2) is 78.9 Å². The van der Waals surface area contributed by atoms with Gasteiger partial charge in [-0.1, -0.05) is 54.6 Å². The van der Waals surface area contributed by atoms with Gasteiger partial charge in [0, 0.05) is 18.3 Å². The number of nitrogen functional groups attached to an aromatic ring is 1. The van der Waals surface area contributed by atoms with Gasteiger partial charge in [0.2, 0.25) is 0 Å². The lowest BCUT2D eigenvalue weighted by atomic mass is 10.1. The first kappa shape index (κ1) is 20.9. The minimum Gasteiger partial charge on any atom is -0.493 e. The standard InChI is InChI=1S/C27H30N2O2/c1-30-26-18-17-22(20-27(26)31-23-13-5-6-14-23)29(25-16-8-7-15-24(25)28)19-9-12-21-10-3-2-4-11-21/h2-4,7-12,15-18,20,23H,5-6,13-14,19,28H2,1H3. The molecule has 160 valence electrons. The van der Waals surface area contributed by atoms with Crippen molar-refractivity contribution in [1.82, 2.24) is 0 Å². The molecule has 0 unspecified atom stereocenters. The van der Waals surface area contributed by atoms with Gasteiger partial charge in [0.15, 0.2) is 11.5 Å². The smallest absolute Gasteiger partial charge is 0.163 e. The minimum absolute atomic E-state index is 0.261. The molecule has 1 aliphatic carbocycles. The van der Waals surface area contributed by atoms with Crippen molar-refractivity contribution in [3.05, 3.63) is 84.4 Å². The van der Waals surface area contributed by atoms with Gasteiger partial charge in [-0.05, 0) is 55.5 Å². The summed E-state index contributed by atoms with van der Waals surface area (Å²) in [6, 6.07) is 24.4. The summed E-state index contributed by atoms with van der Waals surface area (Å²) in [7, 11) is 1.69. The summed E-state index contributed by atoms with van der Waals surface area (Å²) < 4.78 is 11.9. The SMILES string of the molecule is COc1ccc(N(CC=Cc2ccccc2)c2ccccc2N)cc1OC1CCCC1. The molecule has 0 atom stereocenters. The highest BCUT2D eigenvalue weighted by atomic mass is 16.5. The molecule has 4 rings (SSSR count). The highest BCUT2D eigenvalue weighted by molar-refractivity contribution is 5.76. The van der Waals surface area contributed by atoms with Gasteiger partial charge in [-0.3, -0.25) is 0 Å². The van der Waals surface area contributed by atoms with Crippen molar-refractivity contribution in [2.75, 3.05) is 24.3 Å². The zero-order chi connectivity index (χ0) is 21.5. The van der Waals surface area contributed by atoms with Crippen LogP contribution in [0.2, 0.25) is 0 Å². The Morgan fingerprint density at radius 3 is 2.42 bits per heavy atom. The first-order valence-electron chi connectivity index (χ1n) is 10.9. The summed E-state index contributed by atoms with van der Waals surface area (Å²) in [5.74, 6) is 1.55. The Labute approximate surface area is 184 Å². The van der Waals surface area contributed by atoms with Crippen LogP contribution >= 0.6 is 0 Å². The maximum atomic E-state index is 6.35. The molecule has 2 N–H and O–H groups in total. The van der Waals surface area contributed by atoms with Gasteiger partial charge in [-0.25, -0.2) is 0 Å². The monoisotopic (exact) mass is 414 g/mol. The zero-order valence-corrected chi connectivity index (χ0v) is 18.0. The number of para-hydroxylation sites is 2. The highest BCUT2D eigenvalue weighted by Crippen LogP contribution is 2.38. The number of hydrogen-bond donors (Lipinski definition) is 1. The first-order valence-corrected chi connectivity index (χ1v) is 10.9. The van der Waals surface area contributed by atoms with Gasteiger partial charge in [-0.2, -0.15) is 0 Å². The molecule has 3 aromatic rings. The molecule has 0 aliphatic heterocycles. The fourth-order valence-electron chi connectivity index (χ4n) is 4.05. The predicted octanol–water partition coefficient (Wildman–Crippen LogP) is 6.45. The molecule has 0 radical (unpaired) electrons. The maximum absolute atomic E-state index is 6.35. The number of ether oxygens (including phenoxy) is 2. The molecule has 0 spiro atoms. The van der Waals surface area contributed by atoms with Gasteiger partial charge < -0.3 is 20.1 Å². The van der Waals surface area contributed by atoms with Crippen LogP contribution in [0.1, 0.15) is 31.2 Å². The molecule has 4 heteroatoms. The maximum Gasteiger partial charge on any atom is 0.163 e. The van der Waals surface area contributed by atoms with Gasteiger partial charge in [-0.15, -0.1) is 0 Å². The van der Waals surface area contributed by atoms with E-state index in [0.717, 1.165) is 41.4 Å². The van der Waals surface area contributed by atoms with Crippen LogP contribution in [0.25, 0.3) is 6.08 Å². The van der Waals surface area contributed by atoms with Crippen molar-refractivity contribution >= 4 is 23.1 Å². The van der Waals surface area contributed by atoms with E-state index in [4.69, 9.17) is 15.2 Å². The van der Waals surface area contributed by atoms with Crippen molar-refractivity contribution in [3.63, 3.8) is 0 Å². The van der Waals surface area contributed by atoms with Crippen LogP contribution in [0.4, 0.5) is 17.1 Å². The van der Waals surface area contributed by atoms with Gasteiger partial charge in [0.05, 0.1) is 24.6 Å². The Balaban J connectivity index is 1.65. The lowest BCUT2D eigenvalue weighted by molar-refractivity contribution is 0.201. The summed E-state index contributed by atoms with van der Waals surface area (Å²) in [5.41, 5.74) is 10.2. The lowest BCUT2D eigenvalue weighted by Gasteiger charge is -2.26. The number of nitrogens with zero attached hydrogens (tertiary/aromatic N) is 1. The molecular weight excluding hydrogens is 384 g/mol. The number of anilines is 3. The molecule has 1 aliphatic rings. The molecular formula is C27H30N2O2. The topological polar surface area (TPSA) is 47.7 Å². The number of methoxy groups -OCH3 is 1. The molecule has 1 saturated carbocycles. The van der Waals surface area contributed by atoms with E-state index < -0.39 is 0 Å². The second kappa shape index (κ2) is 10.1. The average molecular weight is 415 g/mol. The summed E-state index contributed by atoms with van der Waals surface area (Å²) in [6.07, 6.45) is 9.20. The number of rotatable bonds is 8. The van der Waals surface area contributed by atoms with E-state index in [1.54, 1.807) is 7.11 Å². The molecule has 0 bridgehead atoms. The largest absolute Gasteiger partial charge is 0.493 e. The third-order valence-corrected chi connectivity index (χ3v) is 5.68. The van der Waals surface area contributed by atoms with Crippen LogP contribution < -0.4 is 20.1 Å². The quantitative estimate of drug-likeness (QED) is 0.430. The molecule has 0 amide bonds. The van der Waals surface area contributed by atoms with Crippen molar-refractivity contribution in [1.29, 1.82) is 0 Å². The normalized spacial score (nSPS) is 14.1. The van der Waals surface area contributed by atoms with E-state index in [1.165, 1.54) is 18.4 Å². The Hall–Kier alpha value is -3.40. The Kier molecular flexibility index (Phi) is 6.78. The molecule has 0 saturated heterocycles. The van der Waals surface area contributed by atoms with Crippen LogP contribution in [-0.2, 0) is 0 Å². The van der Waals surface area contributed by atoms with Crippen molar-refractivity contribution < 1.29 is 9.47 Å². The first-order chi connectivity index (χ1) is 15.2. The predicted molar refractivity (Wildman–Crippen MR) is 129 cm³/mol. The highest BCUT2D eigenvalue weighted by Gasteiger charge is 2.20. The molecule has 0 aromatic heterocycles. The Morgan fingerprint density at radius 1 is 0.935 bits per heavy atom. The number of nitrogens with two attached hydrogens (primary N) is 1. The summed E-state index contributed by atoms with van der Waals surface area (Å²) >= 11 is 0. The Bertz CT molecular complexity index is 1010. The number of benzene rings is 3. The van der Waals surface area contributed by atoms with Gasteiger partial charge in [0.25, 0.3) is 0 Å². The summed E-state index contributed by atoms with van der Waals surface area (Å²) in [6.45, 7) is 0.679. The lowest BCUT2D eigenvalue weighted by Crippen LogP contribution is -2.19. The molecule has 3 aromatic carbocycles. The third-order valence-electron chi connectivity index (χ3n) is 5.68. The molecule has 31 heavy (non-hydrogen) atoms. The van der Waals surface area contributed by atoms with Crippen molar-refractivity contribution in [3.8, 4) is 11.5 Å². The van der Waals surface area contributed by atoms with E-state index in [9.17, 15) is 0 Å². The summed E-state index contributed by atoms with van der Waals surface area (Å²) in [4.78, 5) is 2.20. The third kappa shape index (κ3) is 5.21.